The molecule has 3 heteroatoms. The van der Waals surface area contributed by atoms with E-state index < -0.39 is 0 Å². The molecular weight excluding hydrogens is 212 g/mol. The van der Waals surface area contributed by atoms with Gasteiger partial charge in [-0.25, -0.2) is 4.79 Å². The fourth-order valence-electron chi connectivity index (χ4n) is 1.99. The van der Waals surface area contributed by atoms with Crippen molar-refractivity contribution in [3.8, 4) is 0 Å². The zero-order valence-corrected chi connectivity index (χ0v) is 10.8. The molecule has 0 spiro atoms. The number of hydrogen-bond donors (Lipinski definition) is 1. The van der Waals surface area contributed by atoms with Gasteiger partial charge in [0, 0.05) is 18.8 Å². The van der Waals surface area contributed by atoms with Crippen molar-refractivity contribution < 1.29 is 4.79 Å². The van der Waals surface area contributed by atoms with Crippen molar-refractivity contribution in [3.63, 3.8) is 0 Å². The third kappa shape index (κ3) is 2.78. The number of anilines is 1. The Labute approximate surface area is 103 Å². The van der Waals surface area contributed by atoms with Gasteiger partial charge in [-0.05, 0) is 23.5 Å². The minimum Gasteiger partial charge on any atom is -0.337 e. The fourth-order valence-corrected chi connectivity index (χ4v) is 1.99. The standard InChI is InChI=1S/C14H20N2O/c1-14(2,3)10-15-13(17)16-9-8-11-6-4-5-7-12(11)16/h4-7H,8-10H2,1-3H3,(H,15,17). The van der Waals surface area contributed by atoms with Crippen LogP contribution >= 0.6 is 0 Å². The molecule has 0 aliphatic carbocycles. The van der Waals surface area contributed by atoms with E-state index >= 15 is 0 Å². The molecule has 1 aromatic rings. The van der Waals surface area contributed by atoms with E-state index in [0.29, 0.717) is 6.54 Å². The lowest BCUT2D eigenvalue weighted by atomic mass is 9.97. The van der Waals surface area contributed by atoms with E-state index in [2.05, 4.69) is 32.2 Å². The number of carbonyl (C=O) groups excluding carboxylic acids is 1. The number of benzene rings is 1. The van der Waals surface area contributed by atoms with Gasteiger partial charge in [0.1, 0.15) is 0 Å². The van der Waals surface area contributed by atoms with Crippen LogP contribution in [0.5, 0.6) is 0 Å². The summed E-state index contributed by atoms with van der Waals surface area (Å²) in [5.74, 6) is 0. The smallest absolute Gasteiger partial charge is 0.321 e. The predicted molar refractivity (Wildman–Crippen MR) is 70.3 cm³/mol. The molecule has 0 unspecified atom stereocenters. The van der Waals surface area contributed by atoms with E-state index in [1.807, 2.05) is 23.1 Å². The van der Waals surface area contributed by atoms with E-state index in [-0.39, 0.29) is 11.4 Å². The molecule has 0 saturated heterocycles. The Hall–Kier alpha value is -1.51. The number of hydrogen-bond acceptors (Lipinski definition) is 1. The quantitative estimate of drug-likeness (QED) is 0.793. The monoisotopic (exact) mass is 232 g/mol. The predicted octanol–water partition coefficient (Wildman–Crippen LogP) is 2.80. The molecule has 0 atom stereocenters. The summed E-state index contributed by atoms with van der Waals surface area (Å²) < 4.78 is 0. The highest BCUT2D eigenvalue weighted by Crippen LogP contribution is 2.27. The number of amides is 2. The van der Waals surface area contributed by atoms with Crippen LogP contribution in [0.15, 0.2) is 24.3 Å². The summed E-state index contributed by atoms with van der Waals surface area (Å²) in [4.78, 5) is 13.9. The topological polar surface area (TPSA) is 32.3 Å². The maximum atomic E-state index is 12.1. The molecule has 2 amide bonds. The average Bonchev–Trinajstić information content (AvgIpc) is 2.68. The van der Waals surface area contributed by atoms with Crippen LogP contribution < -0.4 is 10.2 Å². The van der Waals surface area contributed by atoms with Gasteiger partial charge in [-0.2, -0.15) is 0 Å². The van der Waals surface area contributed by atoms with Crippen LogP contribution in [0.2, 0.25) is 0 Å². The minimum atomic E-state index is 0.0184. The van der Waals surface area contributed by atoms with E-state index in [1.165, 1.54) is 5.56 Å². The van der Waals surface area contributed by atoms with Gasteiger partial charge in [0.05, 0.1) is 0 Å². The molecule has 0 aromatic heterocycles. The Bertz CT molecular complexity index is 420. The molecule has 0 bridgehead atoms. The van der Waals surface area contributed by atoms with Gasteiger partial charge in [0.25, 0.3) is 0 Å². The number of urea groups is 1. The van der Waals surface area contributed by atoms with Gasteiger partial charge in [-0.1, -0.05) is 39.0 Å². The highest BCUT2D eigenvalue weighted by atomic mass is 16.2. The molecule has 17 heavy (non-hydrogen) atoms. The van der Waals surface area contributed by atoms with Gasteiger partial charge in [0.2, 0.25) is 0 Å². The number of nitrogens with zero attached hydrogens (tertiary/aromatic N) is 1. The van der Waals surface area contributed by atoms with Gasteiger partial charge in [-0.3, -0.25) is 4.90 Å². The Morgan fingerprint density at radius 3 is 2.76 bits per heavy atom. The second-order valence-electron chi connectivity index (χ2n) is 5.75. The summed E-state index contributed by atoms with van der Waals surface area (Å²) >= 11 is 0. The Morgan fingerprint density at radius 1 is 1.35 bits per heavy atom. The summed E-state index contributed by atoms with van der Waals surface area (Å²) in [6.07, 6.45) is 0.957. The minimum absolute atomic E-state index is 0.0184. The van der Waals surface area contributed by atoms with E-state index in [9.17, 15) is 4.79 Å². The van der Waals surface area contributed by atoms with Crippen LogP contribution in [0.25, 0.3) is 0 Å². The first-order valence-electron chi connectivity index (χ1n) is 6.11. The zero-order chi connectivity index (χ0) is 12.5. The number of fused-ring (bicyclic) bond motifs is 1. The first kappa shape index (κ1) is 12.0. The van der Waals surface area contributed by atoms with Crippen LogP contribution in [0.3, 0.4) is 0 Å². The molecule has 0 saturated carbocycles. The number of carbonyl (C=O) groups is 1. The molecule has 0 fully saturated rings. The fraction of sp³-hybridized carbons (Fsp3) is 0.500. The molecular formula is C14H20N2O. The van der Waals surface area contributed by atoms with Crippen LogP contribution in [0.1, 0.15) is 26.3 Å². The van der Waals surface area contributed by atoms with Crippen molar-refractivity contribution in [1.82, 2.24) is 5.32 Å². The van der Waals surface area contributed by atoms with E-state index in [0.717, 1.165) is 18.7 Å². The number of para-hydroxylation sites is 1. The second-order valence-corrected chi connectivity index (χ2v) is 5.75. The van der Waals surface area contributed by atoms with Crippen molar-refractivity contribution >= 4 is 11.7 Å². The number of nitrogens with one attached hydrogen (secondary N) is 1. The molecule has 1 aromatic carbocycles. The maximum absolute atomic E-state index is 12.1. The molecule has 92 valence electrons. The first-order chi connectivity index (χ1) is 7.97. The van der Waals surface area contributed by atoms with Crippen molar-refractivity contribution in [3.05, 3.63) is 29.8 Å². The lowest BCUT2D eigenvalue weighted by Gasteiger charge is -2.23. The second kappa shape index (κ2) is 4.40. The van der Waals surface area contributed by atoms with Gasteiger partial charge in [-0.15, -0.1) is 0 Å². The van der Waals surface area contributed by atoms with Crippen LogP contribution in [0, 0.1) is 5.41 Å². The van der Waals surface area contributed by atoms with Crippen molar-refractivity contribution in [2.75, 3.05) is 18.0 Å². The third-order valence-corrected chi connectivity index (χ3v) is 2.90. The lowest BCUT2D eigenvalue weighted by Crippen LogP contribution is -2.42. The normalized spacial score (nSPS) is 14.6. The highest BCUT2D eigenvalue weighted by Gasteiger charge is 2.24. The molecule has 1 N–H and O–H groups in total. The Balaban J connectivity index is 2.03. The highest BCUT2D eigenvalue weighted by molar-refractivity contribution is 5.94. The third-order valence-electron chi connectivity index (χ3n) is 2.90. The summed E-state index contributed by atoms with van der Waals surface area (Å²) in [6.45, 7) is 7.83. The summed E-state index contributed by atoms with van der Waals surface area (Å²) in [5.41, 5.74) is 2.44. The molecule has 0 radical (unpaired) electrons. The Kier molecular flexibility index (Phi) is 3.09. The Morgan fingerprint density at radius 2 is 2.06 bits per heavy atom. The maximum Gasteiger partial charge on any atom is 0.321 e. The van der Waals surface area contributed by atoms with Crippen LogP contribution in [-0.2, 0) is 6.42 Å². The van der Waals surface area contributed by atoms with Gasteiger partial charge >= 0.3 is 6.03 Å². The summed E-state index contributed by atoms with van der Waals surface area (Å²) in [7, 11) is 0. The average molecular weight is 232 g/mol. The summed E-state index contributed by atoms with van der Waals surface area (Å²) in [5, 5.41) is 2.99. The number of rotatable bonds is 1. The van der Waals surface area contributed by atoms with Gasteiger partial charge < -0.3 is 5.32 Å². The lowest BCUT2D eigenvalue weighted by molar-refractivity contribution is 0.241. The molecule has 1 heterocycles. The van der Waals surface area contributed by atoms with Crippen molar-refractivity contribution in [2.24, 2.45) is 5.41 Å². The SMILES string of the molecule is CC(C)(C)CNC(=O)N1CCc2ccccc21. The largest absolute Gasteiger partial charge is 0.337 e. The van der Waals surface area contributed by atoms with E-state index in [4.69, 9.17) is 0 Å². The van der Waals surface area contributed by atoms with Crippen LogP contribution in [0.4, 0.5) is 10.5 Å². The molecule has 3 nitrogen and oxygen atoms in total. The zero-order valence-electron chi connectivity index (χ0n) is 10.8. The van der Waals surface area contributed by atoms with Crippen molar-refractivity contribution in [2.45, 2.75) is 27.2 Å². The first-order valence-corrected chi connectivity index (χ1v) is 6.11. The molecule has 1 aliphatic heterocycles. The summed E-state index contributed by atoms with van der Waals surface area (Å²) in [6, 6.07) is 8.12. The molecule has 1 aliphatic rings. The van der Waals surface area contributed by atoms with Crippen LogP contribution in [-0.4, -0.2) is 19.1 Å². The van der Waals surface area contributed by atoms with Crippen molar-refractivity contribution in [1.29, 1.82) is 0 Å². The molecule has 2 rings (SSSR count). The van der Waals surface area contributed by atoms with E-state index in [1.54, 1.807) is 0 Å². The van der Waals surface area contributed by atoms with Gasteiger partial charge in [0.15, 0.2) is 0 Å².